The Hall–Kier alpha value is -1.59. The minimum absolute atomic E-state index is 0.242. The first-order valence-corrected chi connectivity index (χ1v) is 6.36. The van der Waals surface area contributed by atoms with Crippen LogP contribution >= 0.6 is 0 Å². The van der Waals surface area contributed by atoms with Gasteiger partial charge in [0.2, 0.25) is 0 Å². The Labute approximate surface area is 113 Å². The van der Waals surface area contributed by atoms with Crippen LogP contribution in [0.1, 0.15) is 26.3 Å². The van der Waals surface area contributed by atoms with Crippen LogP contribution < -0.4 is 10.1 Å². The van der Waals surface area contributed by atoms with Crippen molar-refractivity contribution in [3.8, 4) is 5.75 Å². The molecule has 0 aliphatic heterocycles. The molecule has 0 aliphatic carbocycles. The van der Waals surface area contributed by atoms with Crippen molar-refractivity contribution in [2.24, 2.45) is 5.16 Å². The number of nitrogens with zero attached hydrogens (tertiary/aromatic N) is 1. The van der Waals surface area contributed by atoms with Gasteiger partial charge in [-0.1, -0.05) is 19.0 Å². The first kappa shape index (κ1) is 15.5. The fourth-order valence-electron chi connectivity index (χ4n) is 1.47. The first-order valence-electron chi connectivity index (χ1n) is 6.36. The minimum atomic E-state index is -0.539. The molecule has 5 heteroatoms. The summed E-state index contributed by atoms with van der Waals surface area (Å²) in [6.45, 7) is 6.52. The highest BCUT2D eigenvalue weighted by Gasteiger charge is 2.06. The second kappa shape index (κ2) is 7.76. The van der Waals surface area contributed by atoms with Gasteiger partial charge >= 0.3 is 0 Å². The van der Waals surface area contributed by atoms with Crippen molar-refractivity contribution >= 4 is 5.71 Å². The van der Waals surface area contributed by atoms with Crippen LogP contribution in [0.15, 0.2) is 29.4 Å². The Bertz CT molecular complexity index is 402. The van der Waals surface area contributed by atoms with E-state index >= 15 is 0 Å². The van der Waals surface area contributed by atoms with Crippen LogP contribution in [0.4, 0.5) is 0 Å². The largest absolute Gasteiger partial charge is 0.491 e. The number of hydrogen-bond acceptors (Lipinski definition) is 5. The van der Waals surface area contributed by atoms with Crippen molar-refractivity contribution in [2.75, 3.05) is 13.2 Å². The molecular formula is C14H22N2O3. The van der Waals surface area contributed by atoms with Gasteiger partial charge in [0, 0.05) is 12.6 Å². The molecule has 0 amide bonds. The molecule has 0 fully saturated rings. The second-order valence-corrected chi connectivity index (χ2v) is 4.74. The molecule has 0 saturated carbocycles. The maximum Gasteiger partial charge on any atom is 0.119 e. The van der Waals surface area contributed by atoms with Gasteiger partial charge in [0.1, 0.15) is 18.5 Å². The van der Waals surface area contributed by atoms with Crippen LogP contribution in [0, 0.1) is 0 Å². The average molecular weight is 266 g/mol. The van der Waals surface area contributed by atoms with Gasteiger partial charge in [0.15, 0.2) is 0 Å². The maximum absolute atomic E-state index is 9.70. The Balaban J connectivity index is 2.41. The molecule has 0 bridgehead atoms. The third-order valence-electron chi connectivity index (χ3n) is 2.63. The van der Waals surface area contributed by atoms with E-state index in [0.717, 1.165) is 5.56 Å². The number of aliphatic hydroxyl groups is 1. The lowest BCUT2D eigenvalue weighted by molar-refractivity contribution is 0.104. The van der Waals surface area contributed by atoms with Gasteiger partial charge in [-0.15, -0.1) is 0 Å². The fourth-order valence-corrected chi connectivity index (χ4v) is 1.47. The summed E-state index contributed by atoms with van der Waals surface area (Å²) in [6, 6.07) is 7.53. The van der Waals surface area contributed by atoms with Crippen molar-refractivity contribution in [1.29, 1.82) is 0 Å². The molecule has 5 nitrogen and oxygen atoms in total. The summed E-state index contributed by atoms with van der Waals surface area (Å²) in [6.07, 6.45) is -0.539. The zero-order valence-electron chi connectivity index (χ0n) is 11.6. The smallest absolute Gasteiger partial charge is 0.119 e. The van der Waals surface area contributed by atoms with E-state index in [1.165, 1.54) is 0 Å². The Morgan fingerprint density at radius 1 is 1.32 bits per heavy atom. The predicted octanol–water partition coefficient (Wildman–Crippen LogP) is 1.62. The number of aliphatic hydroxyl groups excluding tert-OH is 1. The number of benzene rings is 1. The normalized spacial score (nSPS) is 13.6. The molecule has 3 N–H and O–H groups in total. The zero-order valence-corrected chi connectivity index (χ0v) is 11.6. The summed E-state index contributed by atoms with van der Waals surface area (Å²) < 4.78 is 5.48. The van der Waals surface area contributed by atoms with E-state index in [4.69, 9.17) is 9.94 Å². The van der Waals surface area contributed by atoms with Crippen molar-refractivity contribution in [2.45, 2.75) is 32.9 Å². The third-order valence-corrected chi connectivity index (χ3v) is 2.63. The highest BCUT2D eigenvalue weighted by Crippen LogP contribution is 2.13. The molecule has 0 unspecified atom stereocenters. The molecule has 0 aliphatic rings. The molecule has 0 spiro atoms. The maximum atomic E-state index is 9.70. The van der Waals surface area contributed by atoms with E-state index < -0.39 is 6.10 Å². The number of oxime groups is 1. The molecule has 1 aromatic rings. The fraction of sp³-hybridized carbons (Fsp3) is 0.500. The van der Waals surface area contributed by atoms with E-state index in [2.05, 4.69) is 10.5 Å². The van der Waals surface area contributed by atoms with Crippen LogP contribution in [0.5, 0.6) is 5.75 Å². The van der Waals surface area contributed by atoms with E-state index in [1.54, 1.807) is 19.1 Å². The van der Waals surface area contributed by atoms with Gasteiger partial charge in [-0.05, 0) is 36.8 Å². The quantitative estimate of drug-likeness (QED) is 0.398. The van der Waals surface area contributed by atoms with Gasteiger partial charge in [0.05, 0.1) is 5.71 Å². The zero-order chi connectivity index (χ0) is 14.3. The lowest BCUT2D eigenvalue weighted by Crippen LogP contribution is -2.35. The van der Waals surface area contributed by atoms with E-state index in [0.29, 0.717) is 24.0 Å². The van der Waals surface area contributed by atoms with Crippen LogP contribution in [0.2, 0.25) is 0 Å². The van der Waals surface area contributed by atoms with E-state index in [1.807, 2.05) is 26.0 Å². The summed E-state index contributed by atoms with van der Waals surface area (Å²) in [4.78, 5) is 0. The number of hydrogen-bond donors (Lipinski definition) is 3. The van der Waals surface area contributed by atoms with Gasteiger partial charge in [-0.2, -0.15) is 0 Å². The summed E-state index contributed by atoms with van der Waals surface area (Å²) in [5.74, 6) is 0.679. The number of nitrogens with one attached hydrogen (secondary N) is 1. The third kappa shape index (κ3) is 5.72. The standard InChI is InChI=1S/C14H22N2O3/c1-10(2)15-8-13(17)9-19-14-6-4-12(5-7-14)11(3)16-18/h4-7,10,13,15,17-18H,8-9H2,1-3H3/b16-11-/t13-/m1/s1. The van der Waals surface area contributed by atoms with E-state index in [9.17, 15) is 5.11 Å². The minimum Gasteiger partial charge on any atom is -0.491 e. The second-order valence-electron chi connectivity index (χ2n) is 4.74. The molecule has 1 rings (SSSR count). The molecule has 0 radical (unpaired) electrons. The molecule has 106 valence electrons. The molecule has 1 atom stereocenters. The topological polar surface area (TPSA) is 74.1 Å². The molecule has 0 heterocycles. The van der Waals surface area contributed by atoms with Crippen molar-refractivity contribution in [3.05, 3.63) is 29.8 Å². The molecule has 19 heavy (non-hydrogen) atoms. The lowest BCUT2D eigenvalue weighted by atomic mass is 10.1. The van der Waals surface area contributed by atoms with Crippen molar-refractivity contribution < 1.29 is 15.1 Å². The Kier molecular flexibility index (Phi) is 6.32. The Morgan fingerprint density at radius 3 is 2.47 bits per heavy atom. The lowest BCUT2D eigenvalue weighted by Gasteiger charge is -2.15. The van der Waals surface area contributed by atoms with Crippen LogP contribution in [0.25, 0.3) is 0 Å². The van der Waals surface area contributed by atoms with Crippen molar-refractivity contribution in [3.63, 3.8) is 0 Å². The summed E-state index contributed by atoms with van der Waals surface area (Å²) in [7, 11) is 0. The van der Waals surface area contributed by atoms with Gasteiger partial charge in [-0.3, -0.25) is 0 Å². The molecule has 1 aromatic carbocycles. The molecule has 0 saturated heterocycles. The number of ether oxygens (including phenoxy) is 1. The SMILES string of the molecule is C/C(=N/O)c1ccc(OC[C@H](O)CNC(C)C)cc1. The highest BCUT2D eigenvalue weighted by atomic mass is 16.5. The molecule has 0 aromatic heterocycles. The number of rotatable bonds is 7. The predicted molar refractivity (Wildman–Crippen MR) is 75.1 cm³/mol. The highest BCUT2D eigenvalue weighted by molar-refractivity contribution is 5.98. The summed E-state index contributed by atoms with van der Waals surface area (Å²) in [5.41, 5.74) is 1.38. The van der Waals surface area contributed by atoms with Gasteiger partial charge in [0.25, 0.3) is 0 Å². The van der Waals surface area contributed by atoms with Crippen LogP contribution in [-0.4, -0.2) is 41.3 Å². The summed E-state index contributed by atoms with van der Waals surface area (Å²) in [5, 5.41) is 24.6. The van der Waals surface area contributed by atoms with Gasteiger partial charge in [-0.25, -0.2) is 0 Å². The van der Waals surface area contributed by atoms with E-state index in [-0.39, 0.29) is 6.61 Å². The van der Waals surface area contributed by atoms with Gasteiger partial charge < -0.3 is 20.4 Å². The van der Waals surface area contributed by atoms with Crippen molar-refractivity contribution in [1.82, 2.24) is 5.32 Å². The Morgan fingerprint density at radius 2 is 1.95 bits per heavy atom. The summed E-state index contributed by atoms with van der Waals surface area (Å²) >= 11 is 0. The molecular weight excluding hydrogens is 244 g/mol. The monoisotopic (exact) mass is 266 g/mol. The van der Waals surface area contributed by atoms with Crippen LogP contribution in [-0.2, 0) is 0 Å². The van der Waals surface area contributed by atoms with Crippen LogP contribution in [0.3, 0.4) is 0 Å². The first-order chi connectivity index (χ1) is 9.02. The average Bonchev–Trinajstić information content (AvgIpc) is 2.42.